The fraction of sp³-hybridized carbons (Fsp3) is 0.273. The molecule has 14 heavy (non-hydrogen) atoms. The van der Waals surface area contributed by atoms with Crippen molar-refractivity contribution in [1.29, 1.82) is 5.26 Å². The molecule has 1 aromatic carbocycles. The number of nitriles is 1. The van der Waals surface area contributed by atoms with Gasteiger partial charge in [0, 0.05) is 6.04 Å². The zero-order valence-corrected chi connectivity index (χ0v) is 8.01. The highest BCUT2D eigenvalue weighted by atomic mass is 15.1. The molecule has 1 heterocycles. The highest BCUT2D eigenvalue weighted by Gasteiger charge is 2.07. The third-order valence-electron chi connectivity index (χ3n) is 2.34. The van der Waals surface area contributed by atoms with E-state index in [0.717, 1.165) is 11.0 Å². The first-order valence-electron chi connectivity index (χ1n) is 4.61. The van der Waals surface area contributed by atoms with Crippen molar-refractivity contribution < 1.29 is 0 Å². The maximum absolute atomic E-state index is 8.62. The van der Waals surface area contributed by atoms with E-state index in [0.29, 0.717) is 6.42 Å². The smallest absolute Gasteiger partial charge is 0.0961 e. The summed E-state index contributed by atoms with van der Waals surface area (Å²) in [4.78, 5) is 4.28. The first kappa shape index (κ1) is 8.76. The number of aromatic nitrogens is 2. The number of imidazole rings is 1. The van der Waals surface area contributed by atoms with Crippen molar-refractivity contribution in [3.63, 3.8) is 0 Å². The second kappa shape index (κ2) is 3.51. The summed E-state index contributed by atoms with van der Waals surface area (Å²) in [7, 11) is 0. The van der Waals surface area contributed by atoms with Gasteiger partial charge >= 0.3 is 0 Å². The third-order valence-corrected chi connectivity index (χ3v) is 2.34. The minimum Gasteiger partial charge on any atom is -0.327 e. The standard InChI is InChI=1S/C11H11N3/c1-9(6-7-12)14-8-13-10-4-2-3-5-11(10)14/h2-5,8-9H,6H2,1H3. The molecule has 0 aliphatic rings. The Kier molecular flexibility index (Phi) is 2.19. The Morgan fingerprint density at radius 2 is 2.29 bits per heavy atom. The zero-order valence-electron chi connectivity index (χ0n) is 8.01. The lowest BCUT2D eigenvalue weighted by Gasteiger charge is -2.09. The van der Waals surface area contributed by atoms with Gasteiger partial charge in [-0.1, -0.05) is 12.1 Å². The predicted octanol–water partition coefficient (Wildman–Crippen LogP) is 2.51. The molecule has 1 aromatic heterocycles. The molecule has 70 valence electrons. The fourth-order valence-corrected chi connectivity index (χ4v) is 1.56. The first-order valence-corrected chi connectivity index (χ1v) is 4.61. The van der Waals surface area contributed by atoms with Crippen molar-refractivity contribution in [1.82, 2.24) is 9.55 Å². The SMILES string of the molecule is CC(CC#N)n1cnc2ccccc21. The summed E-state index contributed by atoms with van der Waals surface area (Å²) in [6.45, 7) is 2.03. The molecule has 0 saturated heterocycles. The number of hydrogen-bond acceptors (Lipinski definition) is 2. The lowest BCUT2D eigenvalue weighted by Crippen LogP contribution is -2.02. The topological polar surface area (TPSA) is 41.6 Å². The van der Waals surface area contributed by atoms with E-state index in [2.05, 4.69) is 11.1 Å². The second-order valence-corrected chi connectivity index (χ2v) is 3.35. The van der Waals surface area contributed by atoms with Crippen LogP contribution in [0.4, 0.5) is 0 Å². The molecule has 0 aliphatic carbocycles. The van der Waals surface area contributed by atoms with Gasteiger partial charge in [-0.25, -0.2) is 4.98 Å². The molecule has 1 atom stereocenters. The number of fused-ring (bicyclic) bond motifs is 1. The van der Waals surface area contributed by atoms with Crippen LogP contribution in [0.2, 0.25) is 0 Å². The Labute approximate surface area is 82.6 Å². The van der Waals surface area contributed by atoms with Gasteiger partial charge in [0.15, 0.2) is 0 Å². The summed E-state index contributed by atoms with van der Waals surface area (Å²) >= 11 is 0. The van der Waals surface area contributed by atoms with Gasteiger partial charge in [-0.15, -0.1) is 0 Å². The Bertz CT molecular complexity index is 478. The van der Waals surface area contributed by atoms with Crippen LogP contribution in [0.5, 0.6) is 0 Å². The van der Waals surface area contributed by atoms with Crippen molar-refractivity contribution in [2.75, 3.05) is 0 Å². The number of benzene rings is 1. The van der Waals surface area contributed by atoms with Gasteiger partial charge in [-0.3, -0.25) is 0 Å². The minimum absolute atomic E-state index is 0.187. The van der Waals surface area contributed by atoms with E-state index < -0.39 is 0 Å². The Balaban J connectivity index is 2.48. The quantitative estimate of drug-likeness (QED) is 0.721. The van der Waals surface area contributed by atoms with Gasteiger partial charge in [0.25, 0.3) is 0 Å². The lowest BCUT2D eigenvalue weighted by atomic mass is 10.2. The van der Waals surface area contributed by atoms with Crippen LogP contribution < -0.4 is 0 Å². The van der Waals surface area contributed by atoms with E-state index >= 15 is 0 Å². The van der Waals surface area contributed by atoms with Crippen molar-refractivity contribution in [2.45, 2.75) is 19.4 Å². The maximum atomic E-state index is 8.62. The number of hydrogen-bond donors (Lipinski definition) is 0. The summed E-state index contributed by atoms with van der Waals surface area (Å²) in [6.07, 6.45) is 2.31. The molecule has 0 spiro atoms. The first-order chi connectivity index (χ1) is 6.83. The minimum atomic E-state index is 0.187. The normalized spacial score (nSPS) is 12.6. The van der Waals surface area contributed by atoms with Crippen LogP contribution in [-0.4, -0.2) is 9.55 Å². The van der Waals surface area contributed by atoms with E-state index in [1.165, 1.54) is 0 Å². The van der Waals surface area contributed by atoms with Gasteiger partial charge < -0.3 is 4.57 Å². The van der Waals surface area contributed by atoms with E-state index in [1.54, 1.807) is 6.33 Å². The number of rotatable bonds is 2. The Morgan fingerprint density at radius 3 is 3.07 bits per heavy atom. The molecule has 3 heteroatoms. The maximum Gasteiger partial charge on any atom is 0.0961 e. The van der Waals surface area contributed by atoms with Gasteiger partial charge in [0.2, 0.25) is 0 Å². The highest BCUT2D eigenvalue weighted by molar-refractivity contribution is 5.75. The van der Waals surface area contributed by atoms with Crippen molar-refractivity contribution >= 4 is 11.0 Å². The van der Waals surface area contributed by atoms with Crippen LogP contribution in [0.15, 0.2) is 30.6 Å². The van der Waals surface area contributed by atoms with Crippen molar-refractivity contribution in [3.05, 3.63) is 30.6 Å². The Morgan fingerprint density at radius 1 is 1.50 bits per heavy atom. The van der Waals surface area contributed by atoms with Crippen LogP contribution in [0.1, 0.15) is 19.4 Å². The molecule has 0 bridgehead atoms. The summed E-state index contributed by atoms with van der Waals surface area (Å²) in [6, 6.07) is 10.3. The Hall–Kier alpha value is -1.82. The molecule has 0 N–H and O–H groups in total. The average molecular weight is 185 g/mol. The van der Waals surface area contributed by atoms with Crippen LogP contribution >= 0.6 is 0 Å². The highest BCUT2D eigenvalue weighted by Crippen LogP contribution is 2.18. The van der Waals surface area contributed by atoms with Crippen molar-refractivity contribution in [2.24, 2.45) is 0 Å². The molecule has 3 nitrogen and oxygen atoms in total. The zero-order chi connectivity index (χ0) is 9.97. The largest absolute Gasteiger partial charge is 0.327 e. The monoisotopic (exact) mass is 185 g/mol. The van der Waals surface area contributed by atoms with Crippen LogP contribution in [0.3, 0.4) is 0 Å². The fourth-order valence-electron chi connectivity index (χ4n) is 1.56. The number of para-hydroxylation sites is 2. The number of nitrogens with zero attached hydrogens (tertiary/aromatic N) is 3. The van der Waals surface area contributed by atoms with Crippen LogP contribution in [-0.2, 0) is 0 Å². The van der Waals surface area contributed by atoms with E-state index in [1.807, 2.05) is 35.8 Å². The molecule has 0 radical (unpaired) electrons. The van der Waals surface area contributed by atoms with Crippen LogP contribution in [0.25, 0.3) is 11.0 Å². The molecule has 0 saturated carbocycles. The van der Waals surface area contributed by atoms with E-state index in [9.17, 15) is 0 Å². The van der Waals surface area contributed by atoms with E-state index in [4.69, 9.17) is 5.26 Å². The summed E-state index contributed by atoms with van der Waals surface area (Å²) in [5.41, 5.74) is 2.08. The molecular weight excluding hydrogens is 174 g/mol. The van der Waals surface area contributed by atoms with Crippen LogP contribution in [0, 0.1) is 11.3 Å². The predicted molar refractivity (Wildman–Crippen MR) is 54.7 cm³/mol. The van der Waals surface area contributed by atoms with Gasteiger partial charge in [0.05, 0.1) is 29.9 Å². The average Bonchev–Trinajstić information content (AvgIpc) is 2.61. The molecule has 0 amide bonds. The van der Waals surface area contributed by atoms with E-state index in [-0.39, 0.29) is 6.04 Å². The summed E-state index contributed by atoms with van der Waals surface area (Å²) in [5, 5.41) is 8.62. The molecule has 0 fully saturated rings. The summed E-state index contributed by atoms with van der Waals surface area (Å²) < 4.78 is 2.04. The van der Waals surface area contributed by atoms with Gasteiger partial charge in [-0.2, -0.15) is 5.26 Å². The van der Waals surface area contributed by atoms with Crippen molar-refractivity contribution in [3.8, 4) is 6.07 Å². The molecule has 2 rings (SSSR count). The lowest BCUT2D eigenvalue weighted by molar-refractivity contribution is 0.575. The second-order valence-electron chi connectivity index (χ2n) is 3.35. The van der Waals surface area contributed by atoms with Gasteiger partial charge in [0.1, 0.15) is 0 Å². The molecule has 0 aliphatic heterocycles. The molecule has 1 unspecified atom stereocenters. The van der Waals surface area contributed by atoms with Gasteiger partial charge in [-0.05, 0) is 19.1 Å². The third kappa shape index (κ3) is 1.35. The molecular formula is C11H11N3. The molecule has 2 aromatic rings. The summed E-state index contributed by atoms with van der Waals surface area (Å²) in [5.74, 6) is 0.